The van der Waals surface area contributed by atoms with Crippen LogP contribution in [0, 0.1) is 18.3 Å². The zero-order valence-electron chi connectivity index (χ0n) is 11.3. The van der Waals surface area contributed by atoms with E-state index in [-0.39, 0.29) is 30.7 Å². The number of terminal acetylenes is 1. The Morgan fingerprint density at radius 3 is 2.85 bits per heavy atom. The molecule has 0 spiro atoms. The number of likely N-dealkylation sites (tertiary alicyclic amines) is 1. The number of benzene rings is 1. The Morgan fingerprint density at radius 1 is 1.40 bits per heavy atom. The third-order valence-electron chi connectivity index (χ3n) is 3.46. The highest BCUT2D eigenvalue weighted by Crippen LogP contribution is 2.18. The smallest absolute Gasteiger partial charge is 0.226 e. The molecule has 1 aromatic carbocycles. The molecule has 4 heteroatoms. The van der Waals surface area contributed by atoms with Crippen LogP contribution in [0.2, 0.25) is 0 Å². The molecule has 1 atom stereocenters. The van der Waals surface area contributed by atoms with Crippen LogP contribution in [0.5, 0.6) is 0 Å². The maximum absolute atomic E-state index is 11.9. The lowest BCUT2D eigenvalue weighted by molar-refractivity contribution is -0.128. The van der Waals surface area contributed by atoms with Crippen LogP contribution in [0.1, 0.15) is 12.0 Å². The van der Waals surface area contributed by atoms with Crippen molar-refractivity contribution in [1.82, 2.24) is 10.2 Å². The first-order chi connectivity index (χ1) is 9.70. The van der Waals surface area contributed by atoms with Crippen molar-refractivity contribution < 1.29 is 9.59 Å². The van der Waals surface area contributed by atoms with Gasteiger partial charge in [-0.25, -0.2) is 0 Å². The number of nitrogens with zero attached hydrogens (tertiary/aromatic N) is 1. The average molecular weight is 270 g/mol. The lowest BCUT2D eigenvalue weighted by Gasteiger charge is -2.16. The molecule has 1 N–H and O–H groups in total. The summed E-state index contributed by atoms with van der Waals surface area (Å²) in [6.07, 6.45) is 6.19. The van der Waals surface area contributed by atoms with Crippen LogP contribution in [-0.4, -0.2) is 36.3 Å². The largest absolute Gasteiger partial charge is 0.345 e. The van der Waals surface area contributed by atoms with E-state index in [0.717, 1.165) is 6.42 Å². The molecule has 104 valence electrons. The first-order valence-electron chi connectivity index (χ1n) is 6.73. The van der Waals surface area contributed by atoms with Crippen LogP contribution in [0.25, 0.3) is 0 Å². The van der Waals surface area contributed by atoms with Gasteiger partial charge in [0, 0.05) is 19.5 Å². The highest BCUT2D eigenvalue weighted by Gasteiger charge is 2.33. The molecule has 4 nitrogen and oxygen atoms in total. The number of carbonyl (C=O) groups excluding carboxylic acids is 2. The molecule has 1 fully saturated rings. The summed E-state index contributed by atoms with van der Waals surface area (Å²) < 4.78 is 0. The predicted molar refractivity (Wildman–Crippen MR) is 76.7 cm³/mol. The molecule has 0 saturated carbocycles. The van der Waals surface area contributed by atoms with E-state index in [2.05, 4.69) is 11.2 Å². The molecule has 0 bridgehead atoms. The molecule has 20 heavy (non-hydrogen) atoms. The number of hydrogen-bond donors (Lipinski definition) is 1. The average Bonchev–Trinajstić information content (AvgIpc) is 2.85. The molecule has 1 aliphatic heterocycles. The summed E-state index contributed by atoms with van der Waals surface area (Å²) in [5.41, 5.74) is 1.19. The van der Waals surface area contributed by atoms with Gasteiger partial charge in [0.1, 0.15) is 0 Å². The molecular weight excluding hydrogens is 252 g/mol. The summed E-state index contributed by atoms with van der Waals surface area (Å²) in [5.74, 6) is 2.01. The minimum Gasteiger partial charge on any atom is -0.345 e. The van der Waals surface area contributed by atoms with Gasteiger partial charge in [0.2, 0.25) is 11.8 Å². The molecular formula is C16H18N2O2. The standard InChI is InChI=1S/C16H18N2O2/c1-2-9-17-16(20)14-11-15(19)18(12-14)10-8-13-6-4-3-5-7-13/h1,3-7,14H,8-12H2,(H,17,20). The Balaban J connectivity index is 1.84. The van der Waals surface area contributed by atoms with E-state index in [1.807, 2.05) is 30.3 Å². The molecule has 1 unspecified atom stereocenters. The summed E-state index contributed by atoms with van der Waals surface area (Å²) in [4.78, 5) is 25.4. The normalized spacial score (nSPS) is 17.9. The number of rotatable bonds is 5. The molecule has 1 aromatic rings. The highest BCUT2D eigenvalue weighted by atomic mass is 16.2. The van der Waals surface area contributed by atoms with Crippen LogP contribution >= 0.6 is 0 Å². The van der Waals surface area contributed by atoms with E-state index in [9.17, 15) is 9.59 Å². The topological polar surface area (TPSA) is 49.4 Å². The van der Waals surface area contributed by atoms with Gasteiger partial charge in [-0.15, -0.1) is 6.42 Å². The Bertz CT molecular complexity index is 519. The van der Waals surface area contributed by atoms with E-state index in [4.69, 9.17) is 6.42 Å². The lowest BCUT2D eigenvalue weighted by Crippen LogP contribution is -2.33. The summed E-state index contributed by atoms with van der Waals surface area (Å²) >= 11 is 0. The van der Waals surface area contributed by atoms with Gasteiger partial charge in [-0.1, -0.05) is 36.3 Å². The van der Waals surface area contributed by atoms with Crippen molar-refractivity contribution in [2.45, 2.75) is 12.8 Å². The van der Waals surface area contributed by atoms with E-state index in [1.165, 1.54) is 5.56 Å². The van der Waals surface area contributed by atoms with Gasteiger partial charge in [0.25, 0.3) is 0 Å². The number of carbonyl (C=O) groups is 2. The van der Waals surface area contributed by atoms with E-state index < -0.39 is 0 Å². The fourth-order valence-electron chi connectivity index (χ4n) is 2.36. The van der Waals surface area contributed by atoms with E-state index in [0.29, 0.717) is 13.1 Å². The maximum atomic E-state index is 11.9. The Morgan fingerprint density at radius 2 is 2.15 bits per heavy atom. The number of amides is 2. The molecule has 0 aliphatic carbocycles. The zero-order valence-corrected chi connectivity index (χ0v) is 11.3. The van der Waals surface area contributed by atoms with Gasteiger partial charge in [0.15, 0.2) is 0 Å². The molecule has 1 saturated heterocycles. The van der Waals surface area contributed by atoms with Gasteiger partial charge in [0.05, 0.1) is 12.5 Å². The molecule has 1 aliphatic rings. The minimum absolute atomic E-state index is 0.0433. The fourth-order valence-corrected chi connectivity index (χ4v) is 2.36. The van der Waals surface area contributed by atoms with Crippen molar-refractivity contribution in [3.63, 3.8) is 0 Å². The lowest BCUT2D eigenvalue weighted by atomic mass is 10.1. The quantitative estimate of drug-likeness (QED) is 0.806. The molecule has 1 heterocycles. The Labute approximate surface area is 119 Å². The summed E-state index contributed by atoms with van der Waals surface area (Å²) in [7, 11) is 0. The molecule has 0 radical (unpaired) electrons. The third-order valence-corrected chi connectivity index (χ3v) is 3.46. The molecule has 2 rings (SSSR count). The third kappa shape index (κ3) is 3.61. The van der Waals surface area contributed by atoms with Crippen molar-refractivity contribution in [2.75, 3.05) is 19.6 Å². The molecule has 0 aromatic heterocycles. The van der Waals surface area contributed by atoms with Gasteiger partial charge < -0.3 is 10.2 Å². The van der Waals surface area contributed by atoms with Gasteiger partial charge in [-0.2, -0.15) is 0 Å². The second kappa shape index (κ2) is 6.76. The zero-order chi connectivity index (χ0) is 14.4. The van der Waals surface area contributed by atoms with Crippen molar-refractivity contribution in [2.24, 2.45) is 5.92 Å². The highest BCUT2D eigenvalue weighted by molar-refractivity contribution is 5.89. The Kier molecular flexibility index (Phi) is 4.78. The Hall–Kier alpha value is -2.28. The first kappa shape index (κ1) is 14.1. The molecule has 2 amide bonds. The summed E-state index contributed by atoms with van der Waals surface area (Å²) in [6, 6.07) is 10.0. The minimum atomic E-state index is -0.272. The number of hydrogen-bond acceptors (Lipinski definition) is 2. The van der Waals surface area contributed by atoms with Crippen LogP contribution in [0.15, 0.2) is 30.3 Å². The second-order valence-corrected chi connectivity index (χ2v) is 4.90. The predicted octanol–water partition coefficient (Wildman–Crippen LogP) is 0.827. The summed E-state index contributed by atoms with van der Waals surface area (Å²) in [5, 5.41) is 2.64. The summed E-state index contributed by atoms with van der Waals surface area (Å²) in [6.45, 7) is 1.36. The monoisotopic (exact) mass is 270 g/mol. The number of nitrogens with one attached hydrogen (secondary N) is 1. The van der Waals surface area contributed by atoms with Crippen LogP contribution in [0.3, 0.4) is 0 Å². The fraction of sp³-hybridized carbons (Fsp3) is 0.375. The van der Waals surface area contributed by atoms with Crippen molar-refractivity contribution >= 4 is 11.8 Å². The first-order valence-corrected chi connectivity index (χ1v) is 6.73. The van der Waals surface area contributed by atoms with Crippen molar-refractivity contribution in [3.8, 4) is 12.3 Å². The van der Waals surface area contributed by atoms with Crippen molar-refractivity contribution in [1.29, 1.82) is 0 Å². The van der Waals surface area contributed by atoms with Gasteiger partial charge in [-0.3, -0.25) is 9.59 Å². The second-order valence-electron chi connectivity index (χ2n) is 4.90. The maximum Gasteiger partial charge on any atom is 0.226 e. The SMILES string of the molecule is C#CCNC(=O)C1CC(=O)N(CCc2ccccc2)C1. The van der Waals surface area contributed by atoms with E-state index in [1.54, 1.807) is 4.90 Å². The van der Waals surface area contributed by atoms with Crippen LogP contribution in [0.4, 0.5) is 0 Å². The van der Waals surface area contributed by atoms with Crippen LogP contribution < -0.4 is 5.32 Å². The van der Waals surface area contributed by atoms with Crippen molar-refractivity contribution in [3.05, 3.63) is 35.9 Å². The van der Waals surface area contributed by atoms with Gasteiger partial charge in [-0.05, 0) is 12.0 Å². The van der Waals surface area contributed by atoms with Crippen LogP contribution in [-0.2, 0) is 16.0 Å². The van der Waals surface area contributed by atoms with E-state index >= 15 is 0 Å². The van der Waals surface area contributed by atoms with Gasteiger partial charge >= 0.3 is 0 Å².